The molecule has 2 atom stereocenters. The van der Waals surface area contributed by atoms with Gasteiger partial charge < -0.3 is 14.8 Å². The minimum Gasteiger partial charge on any atom is -0.466 e. The lowest BCUT2D eigenvalue weighted by Gasteiger charge is -2.37. The maximum Gasteiger partial charge on any atom is 0.407 e. The van der Waals surface area contributed by atoms with Crippen LogP contribution in [0.25, 0.3) is 0 Å². The molecule has 1 fully saturated rings. The number of hydrogen-bond donors (Lipinski definition) is 1. The van der Waals surface area contributed by atoms with Gasteiger partial charge >= 0.3 is 12.1 Å². The quantitative estimate of drug-likeness (QED) is 0.816. The molecular formula is C20H30N2O4. The average Bonchev–Trinajstić information content (AvgIpc) is 2.54. The highest BCUT2D eigenvalue weighted by molar-refractivity contribution is 5.75. The summed E-state index contributed by atoms with van der Waals surface area (Å²) < 4.78 is 10.6. The molecule has 2 rings (SSSR count). The number of amides is 1. The summed E-state index contributed by atoms with van der Waals surface area (Å²) in [4.78, 5) is 26.8. The lowest BCUT2D eigenvalue weighted by atomic mass is 9.91. The van der Waals surface area contributed by atoms with E-state index in [1.54, 1.807) is 6.92 Å². The van der Waals surface area contributed by atoms with E-state index in [4.69, 9.17) is 9.47 Å². The maximum atomic E-state index is 12.3. The molecule has 1 N–H and O–H groups in total. The molecule has 6 nitrogen and oxygen atoms in total. The first-order chi connectivity index (χ1) is 12.3. The SMILES string of the molecule is CCOC(=O)C1CCN(Cc2ccccc2)C[C@H]1NC(=O)OC(C)(C)C. The van der Waals surface area contributed by atoms with Crippen LogP contribution in [0, 0.1) is 5.92 Å². The van der Waals surface area contributed by atoms with Crippen LogP contribution in [0.5, 0.6) is 0 Å². The van der Waals surface area contributed by atoms with E-state index in [9.17, 15) is 9.59 Å². The molecule has 26 heavy (non-hydrogen) atoms. The first kappa shape index (κ1) is 20.2. The third-order valence-electron chi connectivity index (χ3n) is 4.24. The number of piperidine rings is 1. The van der Waals surface area contributed by atoms with E-state index in [0.29, 0.717) is 19.6 Å². The average molecular weight is 362 g/mol. The normalized spacial score (nSPS) is 21.1. The molecule has 0 radical (unpaired) electrons. The highest BCUT2D eigenvalue weighted by atomic mass is 16.6. The molecule has 0 aromatic heterocycles. The van der Waals surface area contributed by atoms with Gasteiger partial charge in [0, 0.05) is 13.1 Å². The lowest BCUT2D eigenvalue weighted by molar-refractivity contribution is -0.150. The van der Waals surface area contributed by atoms with Crippen molar-refractivity contribution in [3.05, 3.63) is 35.9 Å². The molecule has 0 bridgehead atoms. The summed E-state index contributed by atoms with van der Waals surface area (Å²) in [6.45, 7) is 9.72. The van der Waals surface area contributed by atoms with E-state index in [-0.39, 0.29) is 17.9 Å². The van der Waals surface area contributed by atoms with Crippen molar-refractivity contribution in [2.24, 2.45) is 5.92 Å². The molecule has 1 saturated heterocycles. The standard InChI is InChI=1S/C20H30N2O4/c1-5-25-18(23)16-11-12-22(13-15-9-7-6-8-10-15)14-17(16)21-19(24)26-20(2,3)4/h6-10,16-17H,5,11-14H2,1-4H3,(H,21,24)/t16?,17-/m1/s1. The molecule has 1 aliphatic heterocycles. The Morgan fingerprint density at radius 1 is 1.23 bits per heavy atom. The minimum atomic E-state index is -0.581. The lowest BCUT2D eigenvalue weighted by Crippen LogP contribution is -2.55. The van der Waals surface area contributed by atoms with Crippen LogP contribution < -0.4 is 5.32 Å². The Kier molecular flexibility index (Phi) is 7.03. The predicted octanol–water partition coefficient (Wildman–Crippen LogP) is 2.96. The van der Waals surface area contributed by atoms with Crippen molar-refractivity contribution in [2.75, 3.05) is 19.7 Å². The number of hydrogen-bond acceptors (Lipinski definition) is 5. The number of nitrogens with one attached hydrogen (secondary N) is 1. The summed E-state index contributed by atoms with van der Waals surface area (Å²) in [5.74, 6) is -0.609. The molecule has 6 heteroatoms. The summed E-state index contributed by atoms with van der Waals surface area (Å²) in [5, 5.41) is 2.88. The highest BCUT2D eigenvalue weighted by Crippen LogP contribution is 2.22. The van der Waals surface area contributed by atoms with Crippen LogP contribution in [0.4, 0.5) is 4.79 Å². The van der Waals surface area contributed by atoms with Gasteiger partial charge in [-0.05, 0) is 46.2 Å². The van der Waals surface area contributed by atoms with E-state index >= 15 is 0 Å². The highest BCUT2D eigenvalue weighted by Gasteiger charge is 2.36. The van der Waals surface area contributed by atoms with Crippen molar-refractivity contribution in [2.45, 2.75) is 52.3 Å². The van der Waals surface area contributed by atoms with Gasteiger partial charge in [0.1, 0.15) is 5.60 Å². The van der Waals surface area contributed by atoms with Crippen molar-refractivity contribution in [1.82, 2.24) is 10.2 Å². The molecule has 1 aromatic rings. The second-order valence-corrected chi connectivity index (χ2v) is 7.62. The van der Waals surface area contributed by atoms with Crippen molar-refractivity contribution in [3.8, 4) is 0 Å². The fourth-order valence-electron chi connectivity index (χ4n) is 3.14. The summed E-state index contributed by atoms with van der Waals surface area (Å²) in [6.07, 6.45) is 0.143. The van der Waals surface area contributed by atoms with E-state index in [2.05, 4.69) is 22.3 Å². The largest absolute Gasteiger partial charge is 0.466 e. The Morgan fingerprint density at radius 3 is 2.54 bits per heavy atom. The molecule has 144 valence electrons. The zero-order chi connectivity index (χ0) is 19.2. The van der Waals surface area contributed by atoms with Gasteiger partial charge in [-0.15, -0.1) is 0 Å². The molecule has 1 amide bonds. The number of rotatable bonds is 5. The van der Waals surface area contributed by atoms with Gasteiger partial charge in [-0.1, -0.05) is 30.3 Å². The van der Waals surface area contributed by atoms with Crippen molar-refractivity contribution in [1.29, 1.82) is 0 Å². The molecule has 0 saturated carbocycles. The Balaban J connectivity index is 2.04. The number of alkyl carbamates (subject to hydrolysis) is 1. The molecular weight excluding hydrogens is 332 g/mol. The molecule has 0 aliphatic carbocycles. The van der Waals surface area contributed by atoms with E-state index in [1.165, 1.54) is 5.56 Å². The summed E-state index contributed by atoms with van der Waals surface area (Å²) in [5.41, 5.74) is 0.625. The minimum absolute atomic E-state index is 0.257. The molecule has 1 aromatic carbocycles. The smallest absolute Gasteiger partial charge is 0.407 e. The maximum absolute atomic E-state index is 12.3. The molecule has 1 unspecified atom stereocenters. The summed E-state index contributed by atoms with van der Waals surface area (Å²) in [6, 6.07) is 9.83. The van der Waals surface area contributed by atoms with Gasteiger partial charge in [-0.25, -0.2) is 4.79 Å². The van der Waals surface area contributed by atoms with Gasteiger partial charge in [0.25, 0.3) is 0 Å². The third-order valence-corrected chi connectivity index (χ3v) is 4.24. The van der Waals surface area contributed by atoms with Crippen LogP contribution in [0.1, 0.15) is 39.7 Å². The first-order valence-electron chi connectivity index (χ1n) is 9.21. The van der Waals surface area contributed by atoms with Crippen molar-refractivity contribution >= 4 is 12.1 Å². The zero-order valence-electron chi connectivity index (χ0n) is 16.2. The fourth-order valence-corrected chi connectivity index (χ4v) is 3.14. The van der Waals surface area contributed by atoms with Crippen molar-refractivity contribution in [3.63, 3.8) is 0 Å². The van der Waals surface area contributed by atoms with Crippen LogP contribution in [0.3, 0.4) is 0 Å². The Labute approximate surface area is 155 Å². The second kappa shape index (κ2) is 9.03. The number of nitrogens with zero attached hydrogens (tertiary/aromatic N) is 1. The van der Waals surface area contributed by atoms with Crippen LogP contribution in [-0.2, 0) is 20.8 Å². The Morgan fingerprint density at radius 2 is 1.92 bits per heavy atom. The van der Waals surface area contributed by atoms with Crippen LogP contribution in [-0.4, -0.2) is 48.3 Å². The second-order valence-electron chi connectivity index (χ2n) is 7.62. The fraction of sp³-hybridized carbons (Fsp3) is 0.600. The van der Waals surface area contributed by atoms with Gasteiger partial charge in [0.15, 0.2) is 0 Å². The molecule has 1 heterocycles. The van der Waals surface area contributed by atoms with Crippen molar-refractivity contribution < 1.29 is 19.1 Å². The molecule has 1 aliphatic rings. The topological polar surface area (TPSA) is 67.9 Å². The number of carbonyl (C=O) groups is 2. The van der Waals surface area contributed by atoms with E-state index in [1.807, 2.05) is 39.0 Å². The molecule has 0 spiro atoms. The Hall–Kier alpha value is -2.08. The predicted molar refractivity (Wildman–Crippen MR) is 99.6 cm³/mol. The number of ether oxygens (including phenoxy) is 2. The van der Waals surface area contributed by atoms with E-state index < -0.39 is 11.7 Å². The van der Waals surface area contributed by atoms with Crippen LogP contribution >= 0.6 is 0 Å². The number of esters is 1. The first-order valence-corrected chi connectivity index (χ1v) is 9.21. The summed E-state index contributed by atoms with van der Waals surface area (Å²) in [7, 11) is 0. The Bertz CT molecular complexity index is 598. The number of likely N-dealkylation sites (tertiary alicyclic amines) is 1. The van der Waals surface area contributed by atoms with Gasteiger partial charge in [-0.2, -0.15) is 0 Å². The number of benzene rings is 1. The van der Waals surface area contributed by atoms with Crippen LogP contribution in [0.15, 0.2) is 30.3 Å². The van der Waals surface area contributed by atoms with E-state index in [0.717, 1.165) is 13.1 Å². The number of carbonyl (C=O) groups excluding carboxylic acids is 2. The summed E-state index contributed by atoms with van der Waals surface area (Å²) >= 11 is 0. The van der Waals surface area contributed by atoms with Gasteiger partial charge in [-0.3, -0.25) is 9.69 Å². The zero-order valence-corrected chi connectivity index (χ0v) is 16.2. The van der Waals surface area contributed by atoms with Gasteiger partial charge in [0.2, 0.25) is 0 Å². The third kappa shape index (κ3) is 6.33. The van der Waals surface area contributed by atoms with Crippen LogP contribution in [0.2, 0.25) is 0 Å². The van der Waals surface area contributed by atoms with Gasteiger partial charge in [0.05, 0.1) is 18.6 Å². The monoisotopic (exact) mass is 362 g/mol.